The van der Waals surface area contributed by atoms with Crippen molar-refractivity contribution >= 4 is 11.8 Å². The number of hydrazine groups is 1. The number of nitrogens with two attached hydrogens (primary N) is 1. The van der Waals surface area contributed by atoms with Gasteiger partial charge in [-0.3, -0.25) is 5.01 Å². The number of rotatable bonds is 6. The van der Waals surface area contributed by atoms with Crippen LogP contribution in [-0.2, 0) is 0 Å². The lowest BCUT2D eigenvalue weighted by molar-refractivity contribution is 0.278. The van der Waals surface area contributed by atoms with Gasteiger partial charge >= 0.3 is 0 Å². The second kappa shape index (κ2) is 6.96. The minimum absolute atomic E-state index is 0.132. The average molecular weight is 375 g/mol. The molecular weight excluding hydrogens is 353 g/mol. The van der Waals surface area contributed by atoms with Crippen LogP contribution >= 0.6 is 11.8 Å². The summed E-state index contributed by atoms with van der Waals surface area (Å²) in [7, 11) is 0. The van der Waals surface area contributed by atoms with Gasteiger partial charge in [0.1, 0.15) is 11.6 Å². The SMILES string of the molecule is CC1(C/C=C2/C=C(Oc3ncc(F)cc3OC3CC3)C=CN2N)CSC1. The molecule has 0 radical (unpaired) electrons. The molecule has 1 aliphatic carbocycles. The standard InChI is InChI=1S/C19H22FN3O2S/c1-19(11-26-12-19)6-4-14-9-16(5-7-23(14)21)25-18-17(24-15-2-3-15)8-13(20)10-22-18/h4-5,7-10,15H,2-3,6,11-12,21H2,1H3/b14-4-. The molecule has 1 aromatic heterocycles. The van der Waals surface area contributed by atoms with E-state index in [0.29, 0.717) is 16.9 Å². The minimum atomic E-state index is -0.443. The van der Waals surface area contributed by atoms with E-state index < -0.39 is 5.82 Å². The van der Waals surface area contributed by atoms with Crippen LogP contribution in [0.15, 0.2) is 48.1 Å². The van der Waals surface area contributed by atoms with Crippen molar-refractivity contribution in [3.63, 3.8) is 0 Å². The number of pyridine rings is 1. The molecule has 1 saturated carbocycles. The normalized spacial score (nSPS) is 22.8. The monoisotopic (exact) mass is 375 g/mol. The van der Waals surface area contributed by atoms with Gasteiger partial charge in [0.2, 0.25) is 0 Å². The van der Waals surface area contributed by atoms with E-state index in [9.17, 15) is 4.39 Å². The van der Waals surface area contributed by atoms with Gasteiger partial charge in [-0.2, -0.15) is 11.8 Å². The maximum absolute atomic E-state index is 13.5. The highest BCUT2D eigenvalue weighted by Crippen LogP contribution is 2.41. The predicted octanol–water partition coefficient (Wildman–Crippen LogP) is 3.75. The maximum atomic E-state index is 13.5. The highest BCUT2D eigenvalue weighted by molar-refractivity contribution is 8.00. The fourth-order valence-electron chi connectivity index (χ4n) is 2.70. The fraction of sp³-hybridized carbons (Fsp3) is 0.421. The molecule has 2 N–H and O–H groups in total. The van der Waals surface area contributed by atoms with Crippen LogP contribution in [-0.4, -0.2) is 27.6 Å². The molecule has 0 atom stereocenters. The summed E-state index contributed by atoms with van der Waals surface area (Å²) in [5.74, 6) is 9.12. The third-order valence-corrected chi connectivity index (χ3v) is 6.31. The second-order valence-electron chi connectivity index (χ2n) is 7.28. The lowest BCUT2D eigenvalue weighted by atomic mass is 9.90. The average Bonchev–Trinajstić information content (AvgIpc) is 3.40. The highest BCUT2D eigenvalue weighted by atomic mass is 32.2. The van der Waals surface area contributed by atoms with Crippen molar-refractivity contribution in [3.8, 4) is 11.6 Å². The Balaban J connectivity index is 1.51. The molecule has 3 heterocycles. The van der Waals surface area contributed by atoms with Crippen LogP contribution in [0.4, 0.5) is 4.39 Å². The molecule has 3 aliphatic rings. The summed E-state index contributed by atoms with van der Waals surface area (Å²) in [6, 6.07) is 1.31. The molecule has 5 nitrogen and oxygen atoms in total. The first-order valence-corrected chi connectivity index (χ1v) is 9.88. The van der Waals surface area contributed by atoms with Gasteiger partial charge in [0.05, 0.1) is 18.0 Å². The molecule has 4 rings (SSSR count). The van der Waals surface area contributed by atoms with Crippen LogP contribution in [0.25, 0.3) is 0 Å². The number of nitrogens with zero attached hydrogens (tertiary/aromatic N) is 2. The third kappa shape index (κ3) is 4.04. The molecule has 2 aliphatic heterocycles. The number of aromatic nitrogens is 1. The minimum Gasteiger partial charge on any atom is -0.485 e. The molecule has 0 amide bonds. The summed E-state index contributed by atoms with van der Waals surface area (Å²) in [6.45, 7) is 2.28. The van der Waals surface area contributed by atoms with Gasteiger partial charge in [-0.1, -0.05) is 13.0 Å². The molecule has 26 heavy (non-hydrogen) atoms. The summed E-state index contributed by atoms with van der Waals surface area (Å²) in [4.78, 5) is 4.04. The Labute approximate surface area is 156 Å². The van der Waals surface area contributed by atoms with Gasteiger partial charge in [0.25, 0.3) is 5.88 Å². The van der Waals surface area contributed by atoms with Crippen molar-refractivity contribution < 1.29 is 13.9 Å². The van der Waals surface area contributed by atoms with E-state index in [1.54, 1.807) is 17.3 Å². The van der Waals surface area contributed by atoms with Crippen molar-refractivity contribution in [2.75, 3.05) is 11.5 Å². The number of hydrogen-bond donors (Lipinski definition) is 1. The van der Waals surface area contributed by atoms with Crippen molar-refractivity contribution in [2.45, 2.75) is 32.3 Å². The van der Waals surface area contributed by atoms with Crippen LogP contribution in [0.1, 0.15) is 26.2 Å². The Morgan fingerprint density at radius 2 is 2.27 bits per heavy atom. The van der Waals surface area contributed by atoms with Crippen molar-refractivity contribution in [1.82, 2.24) is 9.99 Å². The van der Waals surface area contributed by atoms with E-state index >= 15 is 0 Å². The summed E-state index contributed by atoms with van der Waals surface area (Å²) in [6.07, 6.45) is 11.7. The molecule has 1 aromatic rings. The quantitative estimate of drug-likeness (QED) is 0.764. The van der Waals surface area contributed by atoms with Crippen molar-refractivity contribution in [2.24, 2.45) is 11.3 Å². The molecular formula is C19H22FN3O2S. The van der Waals surface area contributed by atoms with Gasteiger partial charge < -0.3 is 9.47 Å². The molecule has 0 unspecified atom stereocenters. The fourth-order valence-corrected chi connectivity index (χ4v) is 3.84. The summed E-state index contributed by atoms with van der Waals surface area (Å²) >= 11 is 1.97. The van der Waals surface area contributed by atoms with Crippen LogP contribution in [0, 0.1) is 11.2 Å². The van der Waals surface area contributed by atoms with E-state index in [-0.39, 0.29) is 12.0 Å². The Hall–Kier alpha value is -1.99. The molecule has 1 saturated heterocycles. The van der Waals surface area contributed by atoms with E-state index in [1.165, 1.54) is 17.6 Å². The van der Waals surface area contributed by atoms with Gasteiger partial charge in [-0.15, -0.1) is 0 Å². The van der Waals surface area contributed by atoms with Gasteiger partial charge in [-0.25, -0.2) is 15.2 Å². The van der Waals surface area contributed by atoms with Gasteiger partial charge in [0.15, 0.2) is 5.75 Å². The third-order valence-electron chi connectivity index (χ3n) is 4.51. The van der Waals surface area contributed by atoms with Gasteiger partial charge in [-0.05, 0) is 42.3 Å². The van der Waals surface area contributed by atoms with Crippen LogP contribution < -0.4 is 15.3 Å². The Kier molecular flexibility index (Phi) is 4.67. The number of allylic oxidation sites excluding steroid dienone is 3. The van der Waals surface area contributed by atoms with Crippen molar-refractivity contribution in [1.29, 1.82) is 0 Å². The Bertz CT molecular complexity index is 785. The topological polar surface area (TPSA) is 60.6 Å². The number of halogens is 1. The van der Waals surface area contributed by atoms with Crippen LogP contribution in [0.3, 0.4) is 0 Å². The van der Waals surface area contributed by atoms with E-state index in [0.717, 1.165) is 31.2 Å². The van der Waals surface area contributed by atoms with Crippen molar-refractivity contribution in [3.05, 3.63) is 54.0 Å². The van der Waals surface area contributed by atoms with E-state index in [2.05, 4.69) is 18.0 Å². The summed E-state index contributed by atoms with van der Waals surface area (Å²) in [5.41, 5.74) is 1.21. The second-order valence-corrected chi connectivity index (χ2v) is 8.27. The number of thioether (sulfide) groups is 1. The zero-order valence-electron chi connectivity index (χ0n) is 14.7. The maximum Gasteiger partial charge on any atom is 0.262 e. The number of ether oxygens (including phenoxy) is 2. The van der Waals surface area contributed by atoms with Crippen LogP contribution in [0.2, 0.25) is 0 Å². The highest BCUT2D eigenvalue weighted by Gasteiger charge is 2.31. The lowest BCUT2D eigenvalue weighted by Gasteiger charge is -2.37. The van der Waals surface area contributed by atoms with E-state index in [1.807, 2.05) is 17.8 Å². The van der Waals surface area contributed by atoms with E-state index in [4.69, 9.17) is 15.3 Å². The Morgan fingerprint density at radius 3 is 2.96 bits per heavy atom. The number of hydrogen-bond acceptors (Lipinski definition) is 6. The zero-order chi connectivity index (χ0) is 18.1. The molecule has 7 heteroatoms. The van der Waals surface area contributed by atoms with Gasteiger partial charge in [0, 0.05) is 18.3 Å². The summed E-state index contributed by atoms with van der Waals surface area (Å²) in [5, 5.41) is 1.57. The molecule has 2 fully saturated rings. The summed E-state index contributed by atoms with van der Waals surface area (Å²) < 4.78 is 25.1. The zero-order valence-corrected chi connectivity index (χ0v) is 15.5. The first-order valence-electron chi connectivity index (χ1n) is 8.73. The molecule has 0 bridgehead atoms. The predicted molar refractivity (Wildman–Crippen MR) is 99.9 cm³/mol. The Morgan fingerprint density at radius 1 is 1.46 bits per heavy atom. The first-order chi connectivity index (χ1) is 12.5. The van der Waals surface area contributed by atoms with Crippen LogP contribution in [0.5, 0.6) is 11.6 Å². The largest absolute Gasteiger partial charge is 0.485 e. The lowest BCUT2D eigenvalue weighted by Crippen LogP contribution is -2.32. The smallest absolute Gasteiger partial charge is 0.262 e. The molecule has 0 aromatic carbocycles. The molecule has 138 valence electrons. The molecule has 0 spiro atoms. The first kappa shape index (κ1) is 17.4.